The molecule has 0 unspecified atom stereocenters. The van der Waals surface area contributed by atoms with E-state index in [1.165, 1.54) is 77.4 Å². The van der Waals surface area contributed by atoms with Gasteiger partial charge in [-0.15, -0.1) is 0 Å². The maximum absolute atomic E-state index is 2.41. The van der Waals surface area contributed by atoms with Gasteiger partial charge in [-0.2, -0.15) is 0 Å². The van der Waals surface area contributed by atoms with E-state index >= 15 is 0 Å². The van der Waals surface area contributed by atoms with E-state index in [4.69, 9.17) is 0 Å². The maximum atomic E-state index is 2.41. The molecule has 8 aromatic rings. The summed E-state index contributed by atoms with van der Waals surface area (Å²) in [4.78, 5) is 0. The van der Waals surface area contributed by atoms with Crippen molar-refractivity contribution in [3.8, 4) is 50.5 Å². The van der Waals surface area contributed by atoms with Crippen LogP contribution < -0.4 is 0 Å². The second kappa shape index (κ2) is 11.1. The van der Waals surface area contributed by atoms with Crippen LogP contribution >= 0.6 is 0 Å². The highest BCUT2D eigenvalue weighted by Gasteiger charge is 2.18. The molecule has 45 heavy (non-hydrogen) atoms. The van der Waals surface area contributed by atoms with E-state index < -0.39 is 0 Å². The van der Waals surface area contributed by atoms with Gasteiger partial charge in [0.15, 0.2) is 0 Å². The van der Waals surface area contributed by atoms with Crippen molar-refractivity contribution in [2.24, 2.45) is 0 Å². The predicted molar refractivity (Wildman–Crippen MR) is 192 cm³/mol. The smallest absolute Gasteiger partial charge is 0.0537 e. The second-order valence-corrected chi connectivity index (χ2v) is 11.9. The molecule has 0 aliphatic rings. The topological polar surface area (TPSA) is 4.93 Å². The summed E-state index contributed by atoms with van der Waals surface area (Å²) in [6, 6.07) is 59.5. The van der Waals surface area contributed by atoms with Crippen LogP contribution in [0.3, 0.4) is 0 Å². The summed E-state index contributed by atoms with van der Waals surface area (Å²) in [6.45, 7) is 4.48. The van der Waals surface area contributed by atoms with E-state index in [2.05, 4.69) is 182 Å². The lowest BCUT2D eigenvalue weighted by atomic mass is 9.91. The number of aryl methyl sites for hydroxylation is 2. The van der Waals surface area contributed by atoms with Gasteiger partial charge in [0.25, 0.3) is 0 Å². The van der Waals surface area contributed by atoms with E-state index in [0.717, 1.165) is 5.69 Å². The lowest BCUT2D eigenvalue weighted by Crippen LogP contribution is -2.01. The molecule has 0 atom stereocenters. The summed E-state index contributed by atoms with van der Waals surface area (Å²) < 4.78 is 2.41. The van der Waals surface area contributed by atoms with Gasteiger partial charge in [-0.25, -0.2) is 0 Å². The fraction of sp³-hybridized carbons (Fsp3) is 0.0455. The lowest BCUT2D eigenvalue weighted by Gasteiger charge is -2.18. The van der Waals surface area contributed by atoms with Gasteiger partial charge in [-0.05, 0) is 105 Å². The largest absolute Gasteiger partial charge is 0.309 e. The minimum Gasteiger partial charge on any atom is -0.309 e. The molecule has 0 bridgehead atoms. The molecule has 1 heterocycles. The van der Waals surface area contributed by atoms with Crippen molar-refractivity contribution in [1.82, 2.24) is 4.57 Å². The Hall–Kier alpha value is -5.66. The van der Waals surface area contributed by atoms with Crippen LogP contribution in [0.1, 0.15) is 11.1 Å². The fourth-order valence-corrected chi connectivity index (χ4v) is 6.87. The Balaban J connectivity index is 1.25. The second-order valence-electron chi connectivity index (χ2n) is 11.9. The van der Waals surface area contributed by atoms with E-state index in [1.807, 2.05) is 0 Å². The fourth-order valence-electron chi connectivity index (χ4n) is 6.87. The van der Waals surface area contributed by atoms with Crippen LogP contribution in [-0.4, -0.2) is 4.57 Å². The number of aromatic nitrogens is 1. The Morgan fingerprint density at radius 3 is 1.58 bits per heavy atom. The van der Waals surface area contributed by atoms with Crippen molar-refractivity contribution in [2.45, 2.75) is 13.8 Å². The van der Waals surface area contributed by atoms with Crippen LogP contribution in [0.5, 0.6) is 0 Å². The molecular weight excluding hydrogens is 542 g/mol. The maximum Gasteiger partial charge on any atom is 0.0537 e. The van der Waals surface area contributed by atoms with Gasteiger partial charge in [0.2, 0.25) is 0 Å². The zero-order valence-corrected chi connectivity index (χ0v) is 25.5. The number of nitrogens with zero attached hydrogens (tertiary/aromatic N) is 1. The Labute approximate surface area is 264 Å². The SMILES string of the molecule is Cc1cc(-c2ccc(-c3ccc(-c4cccc5ccccc45)cc3)n2-c2ccccc2)c(C)cc1-c1cccc2ccccc12. The molecule has 0 fully saturated rings. The normalized spacial score (nSPS) is 11.3. The standard InChI is InChI=1S/C44H33N/c1-30-29-42(31(2)28-41(30)40-21-11-15-33-13-7-9-19-39(33)40)44-27-26-43(45(44)36-16-4-3-5-17-36)35-24-22-34(23-25-35)38-20-10-14-32-12-6-8-18-37(32)38/h3-29H,1-2H3. The summed E-state index contributed by atoms with van der Waals surface area (Å²) in [7, 11) is 0. The first kappa shape index (κ1) is 26.9. The quantitative estimate of drug-likeness (QED) is 0.192. The van der Waals surface area contributed by atoms with Crippen molar-refractivity contribution in [2.75, 3.05) is 0 Å². The first-order chi connectivity index (χ1) is 22.2. The number of hydrogen-bond acceptors (Lipinski definition) is 0. The Morgan fingerprint density at radius 2 is 0.867 bits per heavy atom. The van der Waals surface area contributed by atoms with Gasteiger partial charge in [0, 0.05) is 11.3 Å². The molecule has 0 spiro atoms. The lowest BCUT2D eigenvalue weighted by molar-refractivity contribution is 1.09. The summed E-state index contributed by atoms with van der Waals surface area (Å²) in [5, 5.41) is 5.10. The molecule has 1 heteroatoms. The molecule has 1 aromatic heterocycles. The predicted octanol–water partition coefficient (Wildman–Crippen LogP) is 12.1. The number of hydrogen-bond donors (Lipinski definition) is 0. The third-order valence-corrected chi connectivity index (χ3v) is 9.10. The average Bonchev–Trinajstić information content (AvgIpc) is 3.54. The Morgan fingerprint density at radius 1 is 0.356 bits per heavy atom. The van der Waals surface area contributed by atoms with Crippen molar-refractivity contribution < 1.29 is 0 Å². The monoisotopic (exact) mass is 575 g/mol. The average molecular weight is 576 g/mol. The molecular formula is C44H33N. The van der Waals surface area contributed by atoms with Crippen LogP contribution in [0.15, 0.2) is 164 Å². The van der Waals surface area contributed by atoms with Gasteiger partial charge < -0.3 is 4.57 Å². The van der Waals surface area contributed by atoms with Gasteiger partial charge >= 0.3 is 0 Å². The van der Waals surface area contributed by atoms with Crippen molar-refractivity contribution in [3.63, 3.8) is 0 Å². The minimum absolute atomic E-state index is 1.15. The summed E-state index contributed by atoms with van der Waals surface area (Å²) >= 11 is 0. The Kier molecular flexibility index (Phi) is 6.65. The highest BCUT2D eigenvalue weighted by molar-refractivity contribution is 5.98. The zero-order chi connectivity index (χ0) is 30.3. The zero-order valence-electron chi connectivity index (χ0n) is 25.5. The molecule has 0 amide bonds. The molecule has 0 aliphatic heterocycles. The first-order valence-electron chi connectivity index (χ1n) is 15.6. The molecule has 1 nitrogen and oxygen atoms in total. The van der Waals surface area contributed by atoms with Crippen molar-refractivity contribution >= 4 is 21.5 Å². The minimum atomic E-state index is 1.15. The van der Waals surface area contributed by atoms with Crippen molar-refractivity contribution in [3.05, 3.63) is 175 Å². The van der Waals surface area contributed by atoms with Gasteiger partial charge in [0.1, 0.15) is 0 Å². The molecule has 7 aromatic carbocycles. The summed E-state index contributed by atoms with van der Waals surface area (Å²) in [6.07, 6.45) is 0. The van der Waals surface area contributed by atoms with Crippen LogP contribution in [-0.2, 0) is 0 Å². The highest BCUT2D eigenvalue weighted by Crippen LogP contribution is 2.39. The van der Waals surface area contributed by atoms with Crippen LogP contribution in [0, 0.1) is 13.8 Å². The summed E-state index contributed by atoms with van der Waals surface area (Å²) in [5.74, 6) is 0. The molecule has 0 N–H and O–H groups in total. The number of fused-ring (bicyclic) bond motifs is 2. The molecule has 214 valence electrons. The molecule has 0 aliphatic carbocycles. The van der Waals surface area contributed by atoms with E-state index in [-0.39, 0.29) is 0 Å². The molecule has 0 saturated heterocycles. The number of para-hydroxylation sites is 1. The van der Waals surface area contributed by atoms with Crippen LogP contribution in [0.25, 0.3) is 72.0 Å². The van der Waals surface area contributed by atoms with Gasteiger partial charge in [-0.3, -0.25) is 0 Å². The summed E-state index contributed by atoms with van der Waals surface area (Å²) in [5.41, 5.74) is 13.6. The third-order valence-electron chi connectivity index (χ3n) is 9.10. The van der Waals surface area contributed by atoms with E-state index in [1.54, 1.807) is 0 Å². The van der Waals surface area contributed by atoms with Crippen molar-refractivity contribution in [1.29, 1.82) is 0 Å². The molecule has 0 saturated carbocycles. The van der Waals surface area contributed by atoms with Crippen LogP contribution in [0.2, 0.25) is 0 Å². The first-order valence-corrected chi connectivity index (χ1v) is 15.6. The highest BCUT2D eigenvalue weighted by atomic mass is 15.0. The number of benzene rings is 7. The van der Waals surface area contributed by atoms with E-state index in [9.17, 15) is 0 Å². The van der Waals surface area contributed by atoms with Crippen LogP contribution in [0.4, 0.5) is 0 Å². The third kappa shape index (κ3) is 4.74. The van der Waals surface area contributed by atoms with E-state index in [0.29, 0.717) is 0 Å². The molecule has 8 rings (SSSR count). The number of rotatable bonds is 5. The van der Waals surface area contributed by atoms with Gasteiger partial charge in [-0.1, -0.05) is 133 Å². The molecule has 0 radical (unpaired) electrons. The van der Waals surface area contributed by atoms with Gasteiger partial charge in [0.05, 0.1) is 11.4 Å². The Bertz CT molecular complexity index is 2310.